The third kappa shape index (κ3) is 3.08. The summed E-state index contributed by atoms with van der Waals surface area (Å²) in [4.78, 5) is 17.0. The molecule has 5 nitrogen and oxygen atoms in total. The van der Waals surface area contributed by atoms with Gasteiger partial charge in [0.05, 0.1) is 0 Å². The third-order valence-electron chi connectivity index (χ3n) is 5.30. The number of aromatic nitrogens is 2. The highest BCUT2D eigenvalue weighted by Gasteiger charge is 2.26. The first-order valence-corrected chi connectivity index (χ1v) is 8.91. The van der Waals surface area contributed by atoms with E-state index < -0.39 is 0 Å². The second-order valence-electron chi connectivity index (χ2n) is 6.83. The van der Waals surface area contributed by atoms with Crippen LogP contribution in [-0.2, 0) is 11.2 Å². The monoisotopic (exact) mass is 324 g/mol. The predicted octanol–water partition coefficient (Wildman–Crippen LogP) is 2.57. The molecule has 1 aromatic heterocycles. The molecule has 1 saturated heterocycles. The van der Waals surface area contributed by atoms with Crippen molar-refractivity contribution in [1.82, 2.24) is 15.1 Å². The van der Waals surface area contributed by atoms with Crippen LogP contribution in [0, 0.1) is 0 Å². The molecule has 24 heavy (non-hydrogen) atoms. The summed E-state index contributed by atoms with van der Waals surface area (Å²) in [6.07, 6.45) is 5.79. The Balaban J connectivity index is 1.33. The summed E-state index contributed by atoms with van der Waals surface area (Å²) in [6, 6.07) is 10.3. The van der Waals surface area contributed by atoms with E-state index in [0.717, 1.165) is 38.3 Å². The maximum absolute atomic E-state index is 12.6. The number of carbonyl (C=O) groups is 1. The number of carbonyl (C=O) groups excluding carboxylic acids is 1. The van der Waals surface area contributed by atoms with Gasteiger partial charge in [-0.25, -0.2) is 0 Å². The van der Waals surface area contributed by atoms with E-state index in [1.807, 2.05) is 17.2 Å². The lowest BCUT2D eigenvalue weighted by Crippen LogP contribution is -2.38. The van der Waals surface area contributed by atoms with E-state index in [1.165, 1.54) is 24.1 Å². The number of amides is 1. The van der Waals surface area contributed by atoms with Crippen LogP contribution < -0.4 is 4.90 Å². The van der Waals surface area contributed by atoms with Gasteiger partial charge in [0, 0.05) is 49.6 Å². The number of likely N-dealkylation sites (tertiary alicyclic amines) is 1. The van der Waals surface area contributed by atoms with Crippen LogP contribution in [0.1, 0.15) is 36.4 Å². The zero-order valence-corrected chi connectivity index (χ0v) is 13.9. The minimum atomic E-state index is 0.253. The third-order valence-corrected chi connectivity index (χ3v) is 5.30. The van der Waals surface area contributed by atoms with E-state index in [9.17, 15) is 4.79 Å². The Morgan fingerprint density at radius 2 is 2.17 bits per heavy atom. The summed E-state index contributed by atoms with van der Waals surface area (Å²) in [5.74, 6) is 0.771. The SMILES string of the molecule is O=C(CCN1CCC[C@@H](c2ccn[nH]2)C1)N1CCc2ccccc21. The fraction of sp³-hybridized carbons (Fsp3) is 0.474. The van der Waals surface area contributed by atoms with Crippen LogP contribution in [0.25, 0.3) is 0 Å². The number of hydrogen-bond acceptors (Lipinski definition) is 3. The van der Waals surface area contributed by atoms with Gasteiger partial charge in [-0.2, -0.15) is 5.10 Å². The van der Waals surface area contributed by atoms with Gasteiger partial charge in [-0.3, -0.25) is 9.89 Å². The van der Waals surface area contributed by atoms with Crippen molar-refractivity contribution in [3.05, 3.63) is 47.8 Å². The van der Waals surface area contributed by atoms with Crippen molar-refractivity contribution < 1.29 is 4.79 Å². The van der Waals surface area contributed by atoms with E-state index in [-0.39, 0.29) is 5.91 Å². The molecule has 1 atom stereocenters. The molecule has 2 aromatic rings. The van der Waals surface area contributed by atoms with Gasteiger partial charge in [0.15, 0.2) is 0 Å². The van der Waals surface area contributed by atoms with Gasteiger partial charge in [0.2, 0.25) is 5.91 Å². The summed E-state index contributed by atoms with van der Waals surface area (Å²) in [5.41, 5.74) is 3.62. The molecule has 1 fully saturated rings. The van der Waals surface area contributed by atoms with Gasteiger partial charge in [-0.05, 0) is 43.5 Å². The van der Waals surface area contributed by atoms with Crippen LogP contribution >= 0.6 is 0 Å². The van der Waals surface area contributed by atoms with Crippen molar-refractivity contribution in [2.45, 2.75) is 31.6 Å². The first kappa shape index (κ1) is 15.4. The number of aromatic amines is 1. The number of hydrogen-bond donors (Lipinski definition) is 1. The summed E-state index contributed by atoms with van der Waals surface area (Å²) < 4.78 is 0. The average molecular weight is 324 g/mol. The smallest absolute Gasteiger partial charge is 0.228 e. The molecule has 1 aromatic carbocycles. The topological polar surface area (TPSA) is 52.2 Å². The van der Waals surface area contributed by atoms with Crippen LogP contribution in [-0.4, -0.2) is 47.2 Å². The number of H-pyrrole nitrogens is 1. The molecule has 0 unspecified atom stereocenters. The minimum absolute atomic E-state index is 0.253. The molecular weight excluding hydrogens is 300 g/mol. The second kappa shape index (κ2) is 6.77. The molecule has 0 spiro atoms. The molecule has 2 aliphatic rings. The number of fused-ring (bicyclic) bond motifs is 1. The van der Waals surface area contributed by atoms with Gasteiger partial charge in [0.25, 0.3) is 0 Å². The van der Waals surface area contributed by atoms with Crippen molar-refractivity contribution in [2.24, 2.45) is 0 Å². The van der Waals surface area contributed by atoms with E-state index in [4.69, 9.17) is 0 Å². The Labute approximate surface area is 142 Å². The maximum Gasteiger partial charge on any atom is 0.228 e. The number of para-hydroxylation sites is 1. The van der Waals surface area contributed by atoms with Crippen LogP contribution in [0.3, 0.4) is 0 Å². The quantitative estimate of drug-likeness (QED) is 0.940. The van der Waals surface area contributed by atoms with Gasteiger partial charge in [-0.15, -0.1) is 0 Å². The number of nitrogens with one attached hydrogen (secondary N) is 1. The summed E-state index contributed by atoms with van der Waals surface area (Å²) in [5, 5.41) is 7.16. The first-order valence-electron chi connectivity index (χ1n) is 8.91. The standard InChI is InChI=1S/C19H24N4O/c24-19(23-13-8-15-4-1-2-6-18(15)23)9-12-22-11-3-5-16(14-22)17-7-10-20-21-17/h1-2,4,6-7,10,16H,3,5,8-9,11-14H2,(H,20,21)/t16-/m1/s1. The van der Waals surface area contributed by atoms with E-state index >= 15 is 0 Å². The van der Waals surface area contributed by atoms with Gasteiger partial charge >= 0.3 is 0 Å². The predicted molar refractivity (Wildman–Crippen MR) is 94.1 cm³/mol. The molecule has 1 N–H and O–H groups in total. The molecule has 4 rings (SSSR count). The Kier molecular flexibility index (Phi) is 4.34. The lowest BCUT2D eigenvalue weighted by molar-refractivity contribution is -0.118. The molecule has 0 aliphatic carbocycles. The molecular formula is C19H24N4O. The molecule has 3 heterocycles. The number of nitrogens with zero attached hydrogens (tertiary/aromatic N) is 3. The van der Waals surface area contributed by atoms with Gasteiger partial charge < -0.3 is 9.80 Å². The van der Waals surface area contributed by atoms with Crippen LogP contribution in [0.2, 0.25) is 0 Å². The minimum Gasteiger partial charge on any atom is -0.312 e. The maximum atomic E-state index is 12.6. The molecule has 2 aliphatic heterocycles. The molecule has 0 radical (unpaired) electrons. The largest absolute Gasteiger partial charge is 0.312 e. The van der Waals surface area contributed by atoms with Crippen molar-refractivity contribution >= 4 is 11.6 Å². The second-order valence-corrected chi connectivity index (χ2v) is 6.83. The molecule has 0 saturated carbocycles. The van der Waals surface area contributed by atoms with Crippen LogP contribution in [0.15, 0.2) is 36.5 Å². The number of rotatable bonds is 4. The number of benzene rings is 1. The lowest BCUT2D eigenvalue weighted by Gasteiger charge is -2.32. The highest BCUT2D eigenvalue weighted by Crippen LogP contribution is 2.28. The van der Waals surface area contributed by atoms with Crippen molar-refractivity contribution in [3.63, 3.8) is 0 Å². The van der Waals surface area contributed by atoms with Crippen molar-refractivity contribution in [2.75, 3.05) is 31.1 Å². The summed E-state index contributed by atoms with van der Waals surface area (Å²) >= 11 is 0. The Bertz CT molecular complexity index is 697. The normalized spacial score (nSPS) is 21.0. The molecule has 0 bridgehead atoms. The highest BCUT2D eigenvalue weighted by molar-refractivity contribution is 5.95. The number of anilines is 1. The van der Waals surface area contributed by atoms with Crippen LogP contribution in [0.4, 0.5) is 5.69 Å². The Hall–Kier alpha value is -2.14. The van der Waals surface area contributed by atoms with Gasteiger partial charge in [0.1, 0.15) is 0 Å². The highest BCUT2D eigenvalue weighted by atomic mass is 16.2. The zero-order valence-electron chi connectivity index (χ0n) is 13.9. The Morgan fingerprint density at radius 3 is 3.04 bits per heavy atom. The first-order chi connectivity index (χ1) is 11.8. The molecule has 5 heteroatoms. The molecule has 1 amide bonds. The van der Waals surface area contributed by atoms with Crippen LogP contribution in [0.5, 0.6) is 0 Å². The van der Waals surface area contributed by atoms with Gasteiger partial charge in [-0.1, -0.05) is 18.2 Å². The van der Waals surface area contributed by atoms with E-state index in [2.05, 4.69) is 39.4 Å². The van der Waals surface area contributed by atoms with Crippen molar-refractivity contribution in [1.29, 1.82) is 0 Å². The fourth-order valence-corrected chi connectivity index (χ4v) is 3.99. The average Bonchev–Trinajstić information content (AvgIpc) is 3.29. The number of piperidine rings is 1. The fourth-order valence-electron chi connectivity index (χ4n) is 3.99. The molecule has 126 valence electrons. The Morgan fingerprint density at radius 1 is 1.25 bits per heavy atom. The lowest BCUT2D eigenvalue weighted by atomic mass is 9.95. The van der Waals surface area contributed by atoms with E-state index in [1.54, 1.807) is 0 Å². The summed E-state index contributed by atoms with van der Waals surface area (Å²) in [6.45, 7) is 3.79. The summed E-state index contributed by atoms with van der Waals surface area (Å²) in [7, 11) is 0. The van der Waals surface area contributed by atoms with E-state index in [0.29, 0.717) is 12.3 Å². The van der Waals surface area contributed by atoms with Crippen molar-refractivity contribution in [3.8, 4) is 0 Å². The zero-order chi connectivity index (χ0) is 16.4.